The van der Waals surface area contributed by atoms with E-state index in [1.807, 2.05) is 0 Å². The maximum Gasteiger partial charge on any atom is 0.264 e. The second kappa shape index (κ2) is 13.2. The summed E-state index contributed by atoms with van der Waals surface area (Å²) in [6.07, 6.45) is 0. The summed E-state index contributed by atoms with van der Waals surface area (Å²) in [6.45, 7) is 0.738. The van der Waals surface area contributed by atoms with E-state index in [1.54, 1.807) is 18.2 Å². The normalized spacial score (nSPS) is 11.9. The third kappa shape index (κ3) is 6.96. The van der Waals surface area contributed by atoms with Gasteiger partial charge < -0.3 is 19.7 Å². The molecule has 0 radical (unpaired) electrons. The first-order valence-electron chi connectivity index (χ1n) is 11.9. The average Bonchev–Trinajstić information content (AvgIpc) is 2.95. The molecule has 0 heterocycles. The lowest BCUT2D eigenvalue weighted by molar-refractivity contribution is -0.139. The summed E-state index contributed by atoms with van der Waals surface area (Å²) in [4.78, 5) is 27.4. The van der Waals surface area contributed by atoms with Gasteiger partial charge in [0.1, 0.15) is 18.4 Å². The predicted octanol–water partition coefficient (Wildman–Crippen LogP) is 4.51. The number of nitrogens with one attached hydrogen (secondary N) is 1. The van der Waals surface area contributed by atoms with Crippen LogP contribution >= 0.6 is 23.2 Å². The summed E-state index contributed by atoms with van der Waals surface area (Å²) in [5, 5.41) is 3.06. The van der Waals surface area contributed by atoms with Crippen molar-refractivity contribution in [2.24, 2.45) is 0 Å². The van der Waals surface area contributed by atoms with Gasteiger partial charge in [0.25, 0.3) is 10.0 Å². The number of amides is 2. The first-order valence-corrected chi connectivity index (χ1v) is 14.1. The summed E-state index contributed by atoms with van der Waals surface area (Å²) in [6, 6.07) is 12.4. The zero-order valence-electron chi connectivity index (χ0n) is 22.2. The van der Waals surface area contributed by atoms with E-state index in [0.717, 1.165) is 16.4 Å². The molecule has 3 rings (SSSR count). The number of hydrogen-bond donors (Lipinski definition) is 1. The lowest BCUT2D eigenvalue weighted by Gasteiger charge is -2.32. The lowest BCUT2D eigenvalue weighted by atomic mass is 10.1. The van der Waals surface area contributed by atoms with Crippen LogP contribution in [0.1, 0.15) is 12.5 Å². The molecule has 0 aromatic heterocycles. The van der Waals surface area contributed by atoms with Crippen LogP contribution in [-0.4, -0.2) is 59.0 Å². The van der Waals surface area contributed by atoms with E-state index in [9.17, 15) is 22.4 Å². The molecule has 0 saturated carbocycles. The Morgan fingerprint density at radius 3 is 2.17 bits per heavy atom. The van der Waals surface area contributed by atoms with Crippen molar-refractivity contribution in [1.82, 2.24) is 10.2 Å². The number of anilines is 1. The number of methoxy groups -OCH3 is 2. The van der Waals surface area contributed by atoms with Crippen LogP contribution in [0.5, 0.6) is 11.5 Å². The summed E-state index contributed by atoms with van der Waals surface area (Å²) in [7, 11) is -0.211. The Morgan fingerprint density at radius 2 is 1.60 bits per heavy atom. The maximum atomic E-state index is 13.9. The van der Waals surface area contributed by atoms with Gasteiger partial charge in [0, 0.05) is 19.7 Å². The smallest absolute Gasteiger partial charge is 0.264 e. The highest BCUT2D eigenvalue weighted by Crippen LogP contribution is 2.32. The van der Waals surface area contributed by atoms with Crippen LogP contribution < -0.4 is 19.1 Å². The van der Waals surface area contributed by atoms with Gasteiger partial charge in [-0.1, -0.05) is 29.3 Å². The fourth-order valence-electron chi connectivity index (χ4n) is 3.87. The quantitative estimate of drug-likeness (QED) is 0.342. The Morgan fingerprint density at radius 1 is 0.950 bits per heavy atom. The van der Waals surface area contributed by atoms with Gasteiger partial charge in [-0.15, -0.1) is 0 Å². The molecule has 0 aliphatic heterocycles. The highest BCUT2D eigenvalue weighted by atomic mass is 35.5. The molecule has 0 bridgehead atoms. The molecular weight excluding hydrogens is 584 g/mol. The van der Waals surface area contributed by atoms with Gasteiger partial charge in [-0.25, -0.2) is 12.8 Å². The first kappa shape index (κ1) is 31.0. The van der Waals surface area contributed by atoms with Crippen LogP contribution in [0.3, 0.4) is 0 Å². The number of benzene rings is 3. The molecule has 0 saturated heterocycles. The number of hydrogen-bond acceptors (Lipinski definition) is 6. The van der Waals surface area contributed by atoms with E-state index in [2.05, 4.69) is 5.32 Å². The Kier molecular flexibility index (Phi) is 10.2. The summed E-state index contributed by atoms with van der Waals surface area (Å²) in [5.74, 6) is -1.30. The van der Waals surface area contributed by atoms with Gasteiger partial charge in [0.2, 0.25) is 11.8 Å². The van der Waals surface area contributed by atoms with Crippen molar-refractivity contribution in [3.63, 3.8) is 0 Å². The molecule has 3 aromatic carbocycles. The van der Waals surface area contributed by atoms with Crippen molar-refractivity contribution >= 4 is 50.7 Å². The molecule has 9 nitrogen and oxygen atoms in total. The van der Waals surface area contributed by atoms with E-state index in [1.165, 1.54) is 63.4 Å². The SMILES string of the molecule is CNC(=O)C(C)N(Cc1ccc(Cl)c(Cl)c1)C(=O)CN(c1ccc(F)cc1)S(=O)(=O)c1ccc(OC)c(OC)c1. The number of carbonyl (C=O) groups is 2. The van der Waals surface area contributed by atoms with Crippen LogP contribution in [0.4, 0.5) is 10.1 Å². The number of sulfonamides is 1. The highest BCUT2D eigenvalue weighted by Gasteiger charge is 2.33. The van der Waals surface area contributed by atoms with E-state index in [4.69, 9.17) is 32.7 Å². The minimum atomic E-state index is -4.40. The molecule has 1 unspecified atom stereocenters. The first-order chi connectivity index (χ1) is 18.9. The van der Waals surface area contributed by atoms with Crippen molar-refractivity contribution in [1.29, 1.82) is 0 Å². The minimum absolute atomic E-state index is 0.0339. The average molecular weight is 613 g/mol. The van der Waals surface area contributed by atoms with Crippen molar-refractivity contribution in [3.05, 3.63) is 82.1 Å². The highest BCUT2D eigenvalue weighted by molar-refractivity contribution is 7.92. The summed E-state index contributed by atoms with van der Waals surface area (Å²) >= 11 is 12.2. The molecule has 1 atom stereocenters. The van der Waals surface area contributed by atoms with Crippen molar-refractivity contribution in [2.45, 2.75) is 24.4 Å². The largest absolute Gasteiger partial charge is 0.493 e. The van der Waals surface area contributed by atoms with Gasteiger partial charge in [-0.3, -0.25) is 13.9 Å². The molecule has 2 amide bonds. The molecule has 1 N–H and O–H groups in total. The molecule has 40 heavy (non-hydrogen) atoms. The zero-order chi connectivity index (χ0) is 29.6. The van der Waals surface area contributed by atoms with Gasteiger partial charge in [-0.2, -0.15) is 0 Å². The summed E-state index contributed by atoms with van der Waals surface area (Å²) in [5.41, 5.74) is 0.598. The third-order valence-corrected chi connectivity index (χ3v) is 8.60. The zero-order valence-corrected chi connectivity index (χ0v) is 24.5. The van der Waals surface area contributed by atoms with E-state index in [0.29, 0.717) is 16.3 Å². The van der Waals surface area contributed by atoms with Crippen LogP contribution in [-0.2, 0) is 26.2 Å². The van der Waals surface area contributed by atoms with Gasteiger partial charge in [0.15, 0.2) is 11.5 Å². The topological polar surface area (TPSA) is 105 Å². The molecular formula is C27H28Cl2FN3O6S. The fraction of sp³-hybridized carbons (Fsp3) is 0.259. The Hall–Kier alpha value is -3.54. The number of rotatable bonds is 11. The third-order valence-electron chi connectivity index (χ3n) is 6.09. The lowest BCUT2D eigenvalue weighted by Crippen LogP contribution is -2.50. The molecule has 3 aromatic rings. The number of halogens is 3. The van der Waals surface area contributed by atoms with E-state index in [-0.39, 0.29) is 27.9 Å². The number of ether oxygens (including phenoxy) is 2. The number of nitrogens with zero attached hydrogens (tertiary/aromatic N) is 2. The van der Waals surface area contributed by atoms with Crippen molar-refractivity contribution < 1.29 is 31.9 Å². The van der Waals surface area contributed by atoms with Crippen LogP contribution in [0.15, 0.2) is 65.6 Å². The maximum absolute atomic E-state index is 13.9. The van der Waals surface area contributed by atoms with Crippen molar-refractivity contribution in [2.75, 3.05) is 32.1 Å². The van der Waals surface area contributed by atoms with Crippen molar-refractivity contribution in [3.8, 4) is 11.5 Å². The van der Waals surface area contributed by atoms with Gasteiger partial charge >= 0.3 is 0 Å². The molecule has 214 valence electrons. The number of likely N-dealkylation sites (N-methyl/N-ethyl adjacent to an activating group) is 1. The molecule has 0 fully saturated rings. The van der Waals surface area contributed by atoms with Crippen LogP contribution in [0.2, 0.25) is 10.0 Å². The Balaban J connectivity index is 2.07. The van der Waals surface area contributed by atoms with E-state index < -0.39 is 40.2 Å². The van der Waals surface area contributed by atoms with Gasteiger partial charge in [0.05, 0.1) is 34.8 Å². The minimum Gasteiger partial charge on any atom is -0.493 e. The van der Waals surface area contributed by atoms with Crippen LogP contribution in [0, 0.1) is 5.82 Å². The second-order valence-electron chi connectivity index (χ2n) is 8.57. The van der Waals surface area contributed by atoms with Gasteiger partial charge in [-0.05, 0) is 61.0 Å². The second-order valence-corrected chi connectivity index (χ2v) is 11.2. The summed E-state index contributed by atoms with van der Waals surface area (Å²) < 4.78 is 52.8. The predicted molar refractivity (Wildman–Crippen MR) is 151 cm³/mol. The molecule has 0 spiro atoms. The number of carbonyl (C=O) groups excluding carboxylic acids is 2. The Bertz CT molecular complexity index is 1490. The Labute approximate surface area is 242 Å². The van der Waals surface area contributed by atoms with Crippen LogP contribution in [0.25, 0.3) is 0 Å². The molecule has 0 aliphatic carbocycles. The standard InChI is InChI=1S/C27H28Cl2FN3O6S/c1-17(27(35)31-2)32(15-18-5-11-22(28)23(29)13-18)26(34)16-33(20-8-6-19(30)7-9-20)40(36,37)21-10-12-24(38-3)25(14-21)39-4/h5-14,17H,15-16H2,1-4H3,(H,31,35). The van der Waals surface area contributed by atoms with E-state index >= 15 is 0 Å². The molecule has 0 aliphatic rings. The molecule has 13 heteroatoms. The fourth-order valence-corrected chi connectivity index (χ4v) is 5.62. The monoisotopic (exact) mass is 611 g/mol.